The van der Waals surface area contributed by atoms with Gasteiger partial charge in [-0.3, -0.25) is 4.79 Å². The van der Waals surface area contributed by atoms with Crippen LogP contribution < -0.4 is 14.8 Å². The van der Waals surface area contributed by atoms with Gasteiger partial charge in [-0.2, -0.15) is 0 Å². The molecule has 0 fully saturated rings. The van der Waals surface area contributed by atoms with Crippen LogP contribution in [0.5, 0.6) is 5.75 Å². The van der Waals surface area contributed by atoms with E-state index in [9.17, 15) is 13.2 Å². The molecular formula is C19H24N2O4S. The van der Waals surface area contributed by atoms with E-state index in [0.29, 0.717) is 30.0 Å². The summed E-state index contributed by atoms with van der Waals surface area (Å²) in [6.45, 7) is 5.91. The largest absolute Gasteiger partial charge is 0.492 e. The fourth-order valence-electron chi connectivity index (χ4n) is 2.26. The fourth-order valence-corrected chi connectivity index (χ4v) is 3.61. The Morgan fingerprint density at radius 1 is 1.12 bits per heavy atom. The van der Waals surface area contributed by atoms with Crippen molar-refractivity contribution < 1.29 is 17.9 Å². The minimum atomic E-state index is -3.68. The van der Waals surface area contributed by atoms with E-state index in [0.717, 1.165) is 0 Å². The van der Waals surface area contributed by atoms with E-state index in [-0.39, 0.29) is 16.8 Å². The number of ether oxygens (including phenoxy) is 1. The third kappa shape index (κ3) is 5.06. The number of anilines is 1. The average molecular weight is 376 g/mol. The molecule has 2 N–H and O–H groups in total. The Morgan fingerprint density at radius 2 is 1.81 bits per heavy atom. The fraction of sp³-hybridized carbons (Fsp3) is 0.316. The number of carbonyl (C=O) groups excluding carboxylic acids is 1. The van der Waals surface area contributed by atoms with Crippen molar-refractivity contribution in [2.24, 2.45) is 0 Å². The molecule has 0 spiro atoms. The molecule has 0 aliphatic heterocycles. The van der Waals surface area contributed by atoms with Crippen LogP contribution in [0.1, 0.15) is 37.6 Å². The molecule has 0 aromatic heterocycles. The Kier molecular flexibility index (Phi) is 6.76. The molecule has 140 valence electrons. The summed E-state index contributed by atoms with van der Waals surface area (Å²) in [4.78, 5) is 12.5. The molecule has 0 unspecified atom stereocenters. The molecule has 26 heavy (non-hydrogen) atoms. The monoisotopic (exact) mass is 376 g/mol. The van der Waals surface area contributed by atoms with Crippen LogP contribution in [0.4, 0.5) is 5.69 Å². The number of hydrogen-bond acceptors (Lipinski definition) is 4. The average Bonchev–Trinajstić information content (AvgIpc) is 2.63. The molecule has 1 atom stereocenters. The van der Waals surface area contributed by atoms with E-state index in [2.05, 4.69) is 10.0 Å². The Morgan fingerprint density at radius 3 is 2.42 bits per heavy atom. The number of rotatable bonds is 8. The minimum absolute atomic E-state index is 0.0737. The van der Waals surface area contributed by atoms with Gasteiger partial charge < -0.3 is 10.1 Å². The smallest absolute Gasteiger partial charge is 0.255 e. The number of nitrogens with one attached hydrogen (secondary N) is 2. The highest BCUT2D eigenvalue weighted by atomic mass is 32.2. The zero-order valence-corrected chi connectivity index (χ0v) is 16.0. The molecule has 0 saturated carbocycles. The molecule has 0 bridgehead atoms. The standard InChI is InChI=1S/C19H24N2O4S/c1-4-14(3)21-26(23,24)16-11-12-18(25-5-2)17(13-16)20-19(22)15-9-7-6-8-10-15/h6-14,21H,4-5H2,1-3H3,(H,20,22)/t14-/m1/s1. The van der Waals surface area contributed by atoms with Gasteiger partial charge in [-0.1, -0.05) is 25.1 Å². The normalized spacial score (nSPS) is 12.4. The third-order valence-corrected chi connectivity index (χ3v) is 5.40. The van der Waals surface area contributed by atoms with E-state index in [1.54, 1.807) is 37.3 Å². The van der Waals surface area contributed by atoms with E-state index >= 15 is 0 Å². The van der Waals surface area contributed by atoms with Crippen LogP contribution in [0.15, 0.2) is 53.4 Å². The number of sulfonamides is 1. The van der Waals surface area contributed by atoms with Crippen LogP contribution in [-0.4, -0.2) is 27.0 Å². The van der Waals surface area contributed by atoms with E-state index in [1.807, 2.05) is 19.9 Å². The van der Waals surface area contributed by atoms with Crippen LogP contribution in [0, 0.1) is 0 Å². The summed E-state index contributed by atoms with van der Waals surface area (Å²) in [5, 5.41) is 2.74. The van der Waals surface area contributed by atoms with Gasteiger partial charge in [-0.15, -0.1) is 0 Å². The van der Waals surface area contributed by atoms with Gasteiger partial charge in [0.15, 0.2) is 0 Å². The first kappa shape index (κ1) is 19.9. The van der Waals surface area contributed by atoms with Crippen LogP contribution >= 0.6 is 0 Å². The van der Waals surface area contributed by atoms with Crippen LogP contribution in [0.25, 0.3) is 0 Å². The van der Waals surface area contributed by atoms with Gasteiger partial charge >= 0.3 is 0 Å². The first-order chi connectivity index (χ1) is 12.4. The lowest BCUT2D eigenvalue weighted by molar-refractivity contribution is 0.102. The molecule has 1 amide bonds. The second kappa shape index (κ2) is 8.82. The van der Waals surface area contributed by atoms with Crippen molar-refractivity contribution in [2.45, 2.75) is 38.1 Å². The van der Waals surface area contributed by atoms with Crippen molar-refractivity contribution in [2.75, 3.05) is 11.9 Å². The lowest BCUT2D eigenvalue weighted by Crippen LogP contribution is -2.32. The van der Waals surface area contributed by atoms with Crippen molar-refractivity contribution in [1.82, 2.24) is 4.72 Å². The van der Waals surface area contributed by atoms with E-state index < -0.39 is 10.0 Å². The maximum absolute atomic E-state index is 12.5. The highest BCUT2D eigenvalue weighted by molar-refractivity contribution is 7.89. The summed E-state index contributed by atoms with van der Waals surface area (Å²) in [5.41, 5.74) is 0.786. The van der Waals surface area contributed by atoms with Gasteiger partial charge in [0.25, 0.3) is 5.91 Å². The van der Waals surface area contributed by atoms with Crippen molar-refractivity contribution in [1.29, 1.82) is 0 Å². The van der Waals surface area contributed by atoms with Gasteiger partial charge in [0.05, 0.1) is 17.2 Å². The molecule has 2 aromatic rings. The lowest BCUT2D eigenvalue weighted by Gasteiger charge is -2.16. The molecule has 2 aromatic carbocycles. The maximum Gasteiger partial charge on any atom is 0.255 e. The van der Waals surface area contributed by atoms with Gasteiger partial charge in [0.2, 0.25) is 10.0 Å². The molecule has 0 radical (unpaired) electrons. The quantitative estimate of drug-likeness (QED) is 0.739. The first-order valence-corrected chi connectivity index (χ1v) is 10.0. The Hall–Kier alpha value is -2.38. The van der Waals surface area contributed by atoms with Gasteiger partial charge in [0, 0.05) is 11.6 Å². The Labute approximate surface area is 154 Å². The molecular weight excluding hydrogens is 352 g/mol. The Bertz CT molecular complexity index is 851. The van der Waals surface area contributed by atoms with Crippen LogP contribution in [-0.2, 0) is 10.0 Å². The van der Waals surface area contributed by atoms with Crippen molar-refractivity contribution in [3.8, 4) is 5.75 Å². The summed E-state index contributed by atoms with van der Waals surface area (Å²) in [7, 11) is -3.68. The van der Waals surface area contributed by atoms with Gasteiger partial charge in [0.1, 0.15) is 5.75 Å². The van der Waals surface area contributed by atoms with E-state index in [1.165, 1.54) is 12.1 Å². The summed E-state index contributed by atoms with van der Waals surface area (Å²) in [6.07, 6.45) is 0.674. The molecule has 0 heterocycles. The number of hydrogen-bond donors (Lipinski definition) is 2. The number of amides is 1. The SMILES string of the molecule is CCOc1ccc(S(=O)(=O)N[C@H](C)CC)cc1NC(=O)c1ccccc1. The molecule has 0 saturated heterocycles. The summed E-state index contributed by atoms with van der Waals surface area (Å²) in [6, 6.07) is 12.9. The third-order valence-electron chi connectivity index (χ3n) is 3.81. The zero-order valence-electron chi connectivity index (χ0n) is 15.2. The zero-order chi connectivity index (χ0) is 19.2. The Balaban J connectivity index is 2.35. The second-order valence-corrected chi connectivity index (χ2v) is 7.56. The molecule has 2 rings (SSSR count). The predicted octanol–water partition coefficient (Wildman–Crippen LogP) is 3.41. The number of benzene rings is 2. The van der Waals surface area contributed by atoms with Gasteiger partial charge in [-0.05, 0) is 50.6 Å². The summed E-state index contributed by atoms with van der Waals surface area (Å²) in [5.74, 6) is 0.0789. The summed E-state index contributed by atoms with van der Waals surface area (Å²) >= 11 is 0. The van der Waals surface area contributed by atoms with Crippen LogP contribution in [0.2, 0.25) is 0 Å². The second-order valence-electron chi connectivity index (χ2n) is 5.84. The topological polar surface area (TPSA) is 84.5 Å². The van der Waals surface area contributed by atoms with Crippen molar-refractivity contribution in [3.63, 3.8) is 0 Å². The first-order valence-electron chi connectivity index (χ1n) is 8.53. The molecule has 6 nitrogen and oxygen atoms in total. The summed E-state index contributed by atoms with van der Waals surface area (Å²) < 4.78 is 33.1. The lowest BCUT2D eigenvalue weighted by atomic mass is 10.2. The molecule has 0 aliphatic rings. The maximum atomic E-state index is 12.5. The highest BCUT2D eigenvalue weighted by Gasteiger charge is 2.19. The number of carbonyl (C=O) groups is 1. The van der Waals surface area contributed by atoms with E-state index in [4.69, 9.17) is 4.74 Å². The minimum Gasteiger partial charge on any atom is -0.492 e. The van der Waals surface area contributed by atoms with Crippen molar-refractivity contribution in [3.05, 3.63) is 54.1 Å². The molecule has 7 heteroatoms. The highest BCUT2D eigenvalue weighted by Crippen LogP contribution is 2.28. The van der Waals surface area contributed by atoms with Crippen LogP contribution in [0.3, 0.4) is 0 Å². The van der Waals surface area contributed by atoms with Crippen molar-refractivity contribution >= 4 is 21.6 Å². The van der Waals surface area contributed by atoms with Gasteiger partial charge in [-0.25, -0.2) is 13.1 Å². The predicted molar refractivity (Wildman–Crippen MR) is 102 cm³/mol. The molecule has 0 aliphatic carbocycles.